The van der Waals surface area contributed by atoms with E-state index in [1.54, 1.807) is 0 Å². The first-order chi connectivity index (χ1) is 7.36. The van der Waals surface area contributed by atoms with Gasteiger partial charge in [0, 0.05) is 23.0 Å². The maximum absolute atomic E-state index is 4.46. The molecule has 1 aromatic heterocycles. The van der Waals surface area contributed by atoms with Crippen molar-refractivity contribution in [3.05, 3.63) is 40.8 Å². The lowest BCUT2D eigenvalue weighted by molar-refractivity contribution is 0.755. The molecular weight excluding hydrogens is 252 g/mol. The monoisotopic (exact) mass is 262 g/mol. The molecule has 0 saturated carbocycles. The van der Waals surface area contributed by atoms with E-state index in [1.165, 1.54) is 23.5 Å². The third-order valence-corrected chi connectivity index (χ3v) is 3.56. The van der Waals surface area contributed by atoms with E-state index in [1.807, 2.05) is 12.3 Å². The second-order valence-electron chi connectivity index (χ2n) is 3.79. The molecule has 0 spiro atoms. The number of rotatable bonds is 1. The van der Waals surface area contributed by atoms with Gasteiger partial charge >= 0.3 is 0 Å². The van der Waals surface area contributed by atoms with Crippen LogP contribution in [0.3, 0.4) is 0 Å². The zero-order chi connectivity index (χ0) is 10.3. The van der Waals surface area contributed by atoms with Gasteiger partial charge in [-0.05, 0) is 12.5 Å². The van der Waals surface area contributed by atoms with Gasteiger partial charge in [-0.15, -0.1) is 0 Å². The Morgan fingerprint density at radius 3 is 3.00 bits per heavy atom. The van der Waals surface area contributed by atoms with Gasteiger partial charge in [-0.1, -0.05) is 34.1 Å². The maximum atomic E-state index is 4.46. The number of benzene rings is 1. The normalized spacial score (nSPS) is 14.2. The third-order valence-electron chi connectivity index (χ3n) is 2.87. The highest BCUT2D eigenvalue weighted by Crippen LogP contribution is 2.30. The molecule has 3 heteroatoms. The lowest BCUT2D eigenvalue weighted by Gasteiger charge is -2.06. The Hall–Kier alpha value is -1.09. The SMILES string of the molecule is Brc1ccccc1-c1cnc2n1CCC2. The summed E-state index contributed by atoms with van der Waals surface area (Å²) < 4.78 is 3.46. The van der Waals surface area contributed by atoms with Crippen LogP contribution in [0.4, 0.5) is 0 Å². The molecule has 0 amide bonds. The summed E-state index contributed by atoms with van der Waals surface area (Å²) in [5.74, 6) is 1.22. The van der Waals surface area contributed by atoms with Crippen LogP contribution in [0.15, 0.2) is 34.9 Å². The van der Waals surface area contributed by atoms with Crippen molar-refractivity contribution >= 4 is 15.9 Å². The molecule has 0 bridgehead atoms. The molecule has 15 heavy (non-hydrogen) atoms. The average Bonchev–Trinajstić information content (AvgIpc) is 2.80. The van der Waals surface area contributed by atoms with Gasteiger partial charge in [0.25, 0.3) is 0 Å². The van der Waals surface area contributed by atoms with Crippen LogP contribution < -0.4 is 0 Å². The second-order valence-corrected chi connectivity index (χ2v) is 4.65. The van der Waals surface area contributed by atoms with E-state index < -0.39 is 0 Å². The first-order valence-electron chi connectivity index (χ1n) is 5.15. The van der Waals surface area contributed by atoms with E-state index in [2.05, 4.69) is 43.7 Å². The highest BCUT2D eigenvalue weighted by atomic mass is 79.9. The Morgan fingerprint density at radius 1 is 1.27 bits per heavy atom. The lowest BCUT2D eigenvalue weighted by atomic mass is 10.2. The van der Waals surface area contributed by atoms with Crippen LogP contribution in [0.1, 0.15) is 12.2 Å². The van der Waals surface area contributed by atoms with Gasteiger partial charge in [0.15, 0.2) is 0 Å². The highest BCUT2D eigenvalue weighted by Gasteiger charge is 2.17. The Morgan fingerprint density at radius 2 is 2.13 bits per heavy atom. The molecule has 0 saturated heterocycles. The first-order valence-corrected chi connectivity index (χ1v) is 5.95. The van der Waals surface area contributed by atoms with Crippen molar-refractivity contribution in [2.45, 2.75) is 19.4 Å². The van der Waals surface area contributed by atoms with Crippen LogP contribution in [-0.2, 0) is 13.0 Å². The first kappa shape index (κ1) is 9.16. The molecular formula is C12H11BrN2. The number of nitrogens with zero attached hydrogens (tertiary/aromatic N) is 2. The molecule has 0 radical (unpaired) electrons. The zero-order valence-electron chi connectivity index (χ0n) is 8.28. The number of aromatic nitrogens is 2. The van der Waals surface area contributed by atoms with Crippen LogP contribution in [0.5, 0.6) is 0 Å². The summed E-state index contributed by atoms with van der Waals surface area (Å²) in [4.78, 5) is 4.46. The van der Waals surface area contributed by atoms with E-state index in [4.69, 9.17) is 0 Å². The minimum absolute atomic E-state index is 1.10. The largest absolute Gasteiger partial charge is 0.328 e. The van der Waals surface area contributed by atoms with Crippen LogP contribution in [0, 0.1) is 0 Å². The van der Waals surface area contributed by atoms with Crippen molar-refractivity contribution in [3.8, 4) is 11.3 Å². The highest BCUT2D eigenvalue weighted by molar-refractivity contribution is 9.10. The average molecular weight is 263 g/mol. The smallest absolute Gasteiger partial charge is 0.109 e. The minimum atomic E-state index is 1.10. The topological polar surface area (TPSA) is 17.8 Å². The van der Waals surface area contributed by atoms with E-state index in [-0.39, 0.29) is 0 Å². The van der Waals surface area contributed by atoms with Gasteiger partial charge in [0.1, 0.15) is 5.82 Å². The zero-order valence-corrected chi connectivity index (χ0v) is 9.87. The Kier molecular flexibility index (Phi) is 2.13. The van der Waals surface area contributed by atoms with Gasteiger partial charge < -0.3 is 4.57 Å². The molecule has 2 aromatic rings. The summed E-state index contributed by atoms with van der Waals surface area (Å²) in [5.41, 5.74) is 2.47. The number of fused-ring (bicyclic) bond motifs is 1. The van der Waals surface area contributed by atoms with Gasteiger partial charge in [0.05, 0.1) is 11.9 Å². The van der Waals surface area contributed by atoms with E-state index in [0.717, 1.165) is 17.4 Å². The van der Waals surface area contributed by atoms with Crippen LogP contribution in [-0.4, -0.2) is 9.55 Å². The van der Waals surface area contributed by atoms with E-state index >= 15 is 0 Å². The maximum Gasteiger partial charge on any atom is 0.109 e. The van der Waals surface area contributed by atoms with Crippen LogP contribution >= 0.6 is 15.9 Å². The molecule has 1 aromatic carbocycles. The molecule has 2 heterocycles. The fourth-order valence-corrected chi connectivity index (χ4v) is 2.63. The Labute approximate surface area is 97.1 Å². The van der Waals surface area contributed by atoms with Crippen molar-refractivity contribution in [2.75, 3.05) is 0 Å². The summed E-state index contributed by atoms with van der Waals surface area (Å²) in [7, 11) is 0. The number of halogens is 1. The van der Waals surface area contributed by atoms with Crippen molar-refractivity contribution in [2.24, 2.45) is 0 Å². The predicted molar refractivity (Wildman–Crippen MR) is 63.7 cm³/mol. The van der Waals surface area contributed by atoms with Crippen LogP contribution in [0.25, 0.3) is 11.3 Å². The molecule has 1 aliphatic rings. The standard InChI is InChI=1S/C12H11BrN2/c13-10-5-2-1-4-9(10)11-8-14-12-6-3-7-15(11)12/h1-2,4-5,8H,3,6-7H2. The molecule has 0 N–H and O–H groups in total. The molecule has 2 nitrogen and oxygen atoms in total. The molecule has 0 atom stereocenters. The lowest BCUT2D eigenvalue weighted by Crippen LogP contribution is -1.95. The van der Waals surface area contributed by atoms with Gasteiger partial charge in [-0.25, -0.2) is 4.98 Å². The quantitative estimate of drug-likeness (QED) is 0.772. The number of hydrogen-bond acceptors (Lipinski definition) is 1. The summed E-state index contributed by atoms with van der Waals surface area (Å²) in [6, 6.07) is 8.31. The molecule has 0 unspecified atom stereocenters. The summed E-state index contributed by atoms with van der Waals surface area (Å²) in [5, 5.41) is 0. The van der Waals surface area contributed by atoms with Gasteiger partial charge in [-0.2, -0.15) is 0 Å². The summed E-state index contributed by atoms with van der Waals surface area (Å²) in [6.45, 7) is 1.10. The summed E-state index contributed by atoms with van der Waals surface area (Å²) in [6.07, 6.45) is 4.32. The fourth-order valence-electron chi connectivity index (χ4n) is 2.14. The van der Waals surface area contributed by atoms with Crippen molar-refractivity contribution < 1.29 is 0 Å². The Bertz CT molecular complexity index is 502. The van der Waals surface area contributed by atoms with Gasteiger partial charge in [-0.3, -0.25) is 0 Å². The summed E-state index contributed by atoms with van der Waals surface area (Å²) >= 11 is 3.58. The van der Waals surface area contributed by atoms with Crippen molar-refractivity contribution in [3.63, 3.8) is 0 Å². The minimum Gasteiger partial charge on any atom is -0.328 e. The Balaban J connectivity index is 2.17. The van der Waals surface area contributed by atoms with Gasteiger partial charge in [0.2, 0.25) is 0 Å². The van der Waals surface area contributed by atoms with Crippen molar-refractivity contribution in [1.29, 1.82) is 0 Å². The van der Waals surface area contributed by atoms with E-state index in [0.29, 0.717) is 0 Å². The molecule has 3 rings (SSSR count). The third kappa shape index (κ3) is 1.42. The fraction of sp³-hybridized carbons (Fsp3) is 0.250. The molecule has 1 aliphatic heterocycles. The number of imidazole rings is 1. The molecule has 0 aliphatic carbocycles. The van der Waals surface area contributed by atoms with Crippen LogP contribution in [0.2, 0.25) is 0 Å². The van der Waals surface area contributed by atoms with Crippen molar-refractivity contribution in [1.82, 2.24) is 9.55 Å². The second kappa shape index (κ2) is 3.49. The number of aryl methyl sites for hydroxylation is 1. The molecule has 0 fully saturated rings. The number of hydrogen-bond donors (Lipinski definition) is 0. The molecule has 76 valence electrons. The van der Waals surface area contributed by atoms with E-state index in [9.17, 15) is 0 Å². The predicted octanol–water partition coefficient (Wildman–Crippen LogP) is 3.26.